The van der Waals surface area contributed by atoms with Gasteiger partial charge in [-0.2, -0.15) is 18.2 Å². The van der Waals surface area contributed by atoms with E-state index in [9.17, 15) is 41.8 Å². The topological polar surface area (TPSA) is 179 Å². The van der Waals surface area contributed by atoms with Gasteiger partial charge in [-0.1, -0.05) is 70.9 Å². The molecule has 2 unspecified atom stereocenters. The molecule has 5 rings (SSSR count). The summed E-state index contributed by atoms with van der Waals surface area (Å²) in [5, 5.41) is 21.5. The Kier molecular flexibility index (Phi) is 11.1. The van der Waals surface area contributed by atoms with Crippen molar-refractivity contribution in [1.29, 1.82) is 0 Å². The van der Waals surface area contributed by atoms with Crippen LogP contribution in [0, 0.1) is 17.7 Å². The van der Waals surface area contributed by atoms with Gasteiger partial charge < -0.3 is 30.6 Å². The first-order chi connectivity index (χ1) is 24.6. The van der Waals surface area contributed by atoms with E-state index in [0.717, 1.165) is 6.07 Å². The number of carboxylic acids is 1. The third-order valence-electron chi connectivity index (χ3n) is 9.93. The quantitative estimate of drug-likeness (QED) is 0.113. The van der Waals surface area contributed by atoms with Crippen molar-refractivity contribution in [2.75, 3.05) is 0 Å². The Hall–Kier alpha value is -5.28. The van der Waals surface area contributed by atoms with Crippen molar-refractivity contribution in [3.05, 3.63) is 82.4 Å². The molecular formula is C36H40F4N6O6. The number of nitrogens with zero attached hydrogens (tertiary/aromatic N) is 2. The number of aromatic nitrogens is 3. The fraction of sp³-hybridized carbons (Fsp3) is 0.444. The van der Waals surface area contributed by atoms with Crippen LogP contribution in [-0.4, -0.2) is 55.5 Å². The number of alkyl halides is 3. The summed E-state index contributed by atoms with van der Waals surface area (Å²) in [6, 6.07) is 7.30. The lowest BCUT2D eigenvalue weighted by atomic mass is 9.78. The van der Waals surface area contributed by atoms with Gasteiger partial charge in [-0.25, -0.2) is 9.18 Å². The average Bonchev–Trinajstić information content (AvgIpc) is 3.74. The van der Waals surface area contributed by atoms with Gasteiger partial charge in [0.25, 0.3) is 5.82 Å². The van der Waals surface area contributed by atoms with Crippen LogP contribution in [0.15, 0.2) is 47.0 Å². The normalized spacial score (nSPS) is 18.2. The molecular weight excluding hydrogens is 688 g/mol. The van der Waals surface area contributed by atoms with Crippen molar-refractivity contribution in [1.82, 2.24) is 31.1 Å². The second kappa shape index (κ2) is 15.1. The van der Waals surface area contributed by atoms with E-state index in [1.165, 1.54) is 30.3 Å². The van der Waals surface area contributed by atoms with Crippen molar-refractivity contribution >= 4 is 34.6 Å². The predicted molar refractivity (Wildman–Crippen MR) is 179 cm³/mol. The van der Waals surface area contributed by atoms with E-state index in [1.54, 1.807) is 26.8 Å². The summed E-state index contributed by atoms with van der Waals surface area (Å²) in [6.07, 6.45) is -4.31. The summed E-state index contributed by atoms with van der Waals surface area (Å²) in [5.41, 5.74) is -1.79. The number of rotatable bonds is 13. The molecule has 4 aromatic rings. The van der Waals surface area contributed by atoms with Crippen LogP contribution in [0.1, 0.15) is 91.9 Å². The van der Waals surface area contributed by atoms with E-state index in [4.69, 9.17) is 4.52 Å². The number of halogens is 4. The number of hydrogen-bond donors (Lipinski definition) is 5. The van der Waals surface area contributed by atoms with Crippen LogP contribution < -0.4 is 16.0 Å². The zero-order valence-corrected chi connectivity index (χ0v) is 29.0. The molecule has 0 saturated heterocycles. The van der Waals surface area contributed by atoms with Gasteiger partial charge in [0.1, 0.15) is 23.4 Å². The third kappa shape index (κ3) is 7.79. The fourth-order valence-corrected chi connectivity index (χ4v) is 6.53. The van der Waals surface area contributed by atoms with E-state index in [-0.39, 0.29) is 54.0 Å². The van der Waals surface area contributed by atoms with Gasteiger partial charge in [-0.15, -0.1) is 0 Å². The van der Waals surface area contributed by atoms with E-state index in [2.05, 4.69) is 31.1 Å². The molecule has 2 heterocycles. The molecule has 16 heteroatoms. The number of benzene rings is 2. The maximum absolute atomic E-state index is 14.6. The molecule has 3 amide bonds. The van der Waals surface area contributed by atoms with Gasteiger partial charge in [-0.3, -0.25) is 14.4 Å². The lowest BCUT2D eigenvalue weighted by Crippen LogP contribution is -2.65. The molecule has 0 saturated carbocycles. The highest BCUT2D eigenvalue weighted by atomic mass is 19.4. The van der Waals surface area contributed by atoms with Crippen LogP contribution in [0.25, 0.3) is 10.9 Å². The molecule has 2 aromatic carbocycles. The highest BCUT2D eigenvalue weighted by Gasteiger charge is 2.47. The minimum absolute atomic E-state index is 0.0560. The molecule has 0 radical (unpaired) electrons. The Morgan fingerprint density at radius 2 is 1.73 bits per heavy atom. The summed E-state index contributed by atoms with van der Waals surface area (Å²) in [7, 11) is 0. The maximum Gasteiger partial charge on any atom is 0.418 e. The number of fused-ring (bicyclic) bond motifs is 3. The number of amides is 3. The summed E-state index contributed by atoms with van der Waals surface area (Å²) >= 11 is 0. The minimum Gasteiger partial charge on any atom is -0.475 e. The number of aromatic amines is 1. The number of carbonyl (C=O) groups is 4. The number of nitrogens with one attached hydrogen (secondary N) is 4. The van der Waals surface area contributed by atoms with E-state index >= 15 is 0 Å². The van der Waals surface area contributed by atoms with Crippen LogP contribution in [0.2, 0.25) is 0 Å². The highest BCUT2D eigenvalue weighted by Crippen LogP contribution is 2.40. The molecule has 0 fully saturated rings. The summed E-state index contributed by atoms with van der Waals surface area (Å²) < 4.78 is 61.6. The monoisotopic (exact) mass is 728 g/mol. The second-order valence-corrected chi connectivity index (χ2v) is 13.4. The molecule has 0 spiro atoms. The number of H-pyrrole nitrogens is 1. The lowest BCUT2D eigenvalue weighted by Gasteiger charge is -2.39. The van der Waals surface area contributed by atoms with Crippen molar-refractivity contribution in [2.45, 2.75) is 90.0 Å². The predicted octanol–water partition coefficient (Wildman–Crippen LogP) is 5.43. The number of carbonyl (C=O) groups excluding carboxylic acids is 3. The second-order valence-electron chi connectivity index (χ2n) is 13.4. The number of aromatic carboxylic acids is 1. The van der Waals surface area contributed by atoms with Gasteiger partial charge in [0.05, 0.1) is 17.5 Å². The standard InChI is InChI=1S/C36H40F4N6O6/c1-5-18(3)27(42-26(47)16-20-10-7-8-13-24(20)37)31(48)45-35(34(51)43-28(19(4)6-2)32-44-30(33(49)50)46-52-32)15-14-25-22(17-35)21-11-9-12-23(29(21)41-25)36(38,39)40/h7-13,18-19,27-28,41H,5-6,14-17H2,1-4H3,(H,42,47)(H,43,51)(H,45,48)(H,49,50)/t18?,19?,27-,28+,35-/m1/s1. The Labute approximate surface area is 296 Å². The van der Waals surface area contributed by atoms with Crippen molar-refractivity contribution in [3.63, 3.8) is 0 Å². The SMILES string of the molecule is CCC(C)[C@H](NC(=O)[C@@]1(NC(=O)[C@H](NC(=O)Cc2ccccc2F)C(C)CC)CCc2[nH]c3c(C(F)(F)F)cccc3c2C1)c1nc(C(=O)O)no1. The summed E-state index contributed by atoms with van der Waals surface area (Å²) in [5.74, 6) is -5.74. The minimum atomic E-state index is -4.66. The Morgan fingerprint density at radius 1 is 1.02 bits per heavy atom. The van der Waals surface area contributed by atoms with Crippen LogP contribution in [0.5, 0.6) is 0 Å². The fourth-order valence-electron chi connectivity index (χ4n) is 6.53. The van der Waals surface area contributed by atoms with Crippen molar-refractivity contribution in [3.8, 4) is 0 Å². The number of hydrogen-bond acceptors (Lipinski definition) is 7. The average molecular weight is 729 g/mol. The Balaban J connectivity index is 1.53. The third-order valence-corrected chi connectivity index (χ3v) is 9.93. The Morgan fingerprint density at radius 3 is 2.37 bits per heavy atom. The molecule has 12 nitrogen and oxygen atoms in total. The van der Waals surface area contributed by atoms with E-state index in [1.807, 2.05) is 6.92 Å². The summed E-state index contributed by atoms with van der Waals surface area (Å²) in [4.78, 5) is 60.3. The number of para-hydroxylation sites is 1. The van der Waals surface area contributed by atoms with Gasteiger partial charge in [0.2, 0.25) is 23.6 Å². The zero-order valence-electron chi connectivity index (χ0n) is 29.0. The molecule has 0 aliphatic heterocycles. The van der Waals surface area contributed by atoms with E-state index in [0.29, 0.717) is 24.1 Å². The molecule has 278 valence electrons. The molecule has 5 N–H and O–H groups in total. The zero-order chi connectivity index (χ0) is 38.0. The summed E-state index contributed by atoms with van der Waals surface area (Å²) in [6.45, 7) is 7.13. The molecule has 1 aliphatic carbocycles. The van der Waals surface area contributed by atoms with Crippen LogP contribution in [0.4, 0.5) is 17.6 Å². The number of carboxylic acid groups (broad SMARTS) is 1. The smallest absolute Gasteiger partial charge is 0.418 e. The first-order valence-corrected chi connectivity index (χ1v) is 17.0. The first-order valence-electron chi connectivity index (χ1n) is 17.0. The van der Waals surface area contributed by atoms with Gasteiger partial charge >= 0.3 is 12.1 Å². The lowest BCUT2D eigenvalue weighted by molar-refractivity contribution is -0.137. The van der Waals surface area contributed by atoms with Crippen LogP contribution in [0.3, 0.4) is 0 Å². The molecule has 52 heavy (non-hydrogen) atoms. The van der Waals surface area contributed by atoms with Gasteiger partial charge in [0, 0.05) is 17.5 Å². The Bertz CT molecular complexity index is 1980. The van der Waals surface area contributed by atoms with Crippen molar-refractivity contribution < 1.29 is 46.4 Å². The van der Waals surface area contributed by atoms with Crippen LogP contribution >= 0.6 is 0 Å². The molecule has 5 atom stereocenters. The molecule has 0 bridgehead atoms. The molecule has 2 aromatic heterocycles. The van der Waals surface area contributed by atoms with Gasteiger partial charge in [-0.05, 0) is 53.1 Å². The maximum atomic E-state index is 14.6. The largest absolute Gasteiger partial charge is 0.475 e. The van der Waals surface area contributed by atoms with Crippen molar-refractivity contribution in [2.24, 2.45) is 11.8 Å². The highest BCUT2D eigenvalue weighted by molar-refractivity contribution is 5.97. The number of aryl methyl sites for hydroxylation is 1. The van der Waals surface area contributed by atoms with E-state index < -0.39 is 70.6 Å². The first kappa shape index (κ1) is 38.0. The van der Waals surface area contributed by atoms with Gasteiger partial charge in [0.15, 0.2) is 0 Å². The van der Waals surface area contributed by atoms with Crippen LogP contribution in [-0.2, 0) is 39.8 Å². The molecule has 1 aliphatic rings.